The van der Waals surface area contributed by atoms with Gasteiger partial charge < -0.3 is 48.2 Å². The first kappa shape index (κ1) is 42.7. The Kier molecular flexibility index (Phi) is 16.3. The Morgan fingerprint density at radius 1 is 0.895 bits per heavy atom. The van der Waals surface area contributed by atoms with Crippen molar-refractivity contribution in [1.82, 2.24) is 36.7 Å². The number of aliphatic imine (C=N–C) groups is 1. The summed E-state index contributed by atoms with van der Waals surface area (Å²) in [5, 5.41) is 13.4. The van der Waals surface area contributed by atoms with E-state index in [1.54, 1.807) is 35.5 Å². The maximum atomic E-state index is 14.3. The van der Waals surface area contributed by atoms with E-state index in [4.69, 9.17) is 18.6 Å². The van der Waals surface area contributed by atoms with Crippen LogP contribution in [0.25, 0.3) is 10.9 Å². The lowest BCUT2D eigenvalue weighted by Gasteiger charge is -2.31. The van der Waals surface area contributed by atoms with Crippen molar-refractivity contribution in [1.29, 1.82) is 0 Å². The van der Waals surface area contributed by atoms with Gasteiger partial charge >= 0.3 is 0 Å². The van der Waals surface area contributed by atoms with Crippen LogP contribution in [-0.4, -0.2) is 107 Å². The largest absolute Gasteiger partial charge is 0.370 e. The Morgan fingerprint density at radius 3 is 2.16 bits per heavy atom. The number of thiol groups is 1. The van der Waals surface area contributed by atoms with Crippen LogP contribution in [0.5, 0.6) is 0 Å². The fourth-order valence-corrected chi connectivity index (χ4v) is 6.85. The van der Waals surface area contributed by atoms with Crippen molar-refractivity contribution < 1.29 is 30.1 Å². The number of hydrazine groups is 1. The first-order valence-electron chi connectivity index (χ1n) is 19.5. The third-order valence-corrected chi connectivity index (χ3v) is 10.1. The number of fused-ring (bicyclic) bond motifs is 1. The number of nitrogens with two attached hydrogens (primary N) is 3. The van der Waals surface area contributed by atoms with E-state index in [-0.39, 0.29) is 49.9 Å². The second-order valence-corrected chi connectivity index (χ2v) is 14.7. The van der Waals surface area contributed by atoms with E-state index in [1.807, 2.05) is 44.2 Å². The summed E-state index contributed by atoms with van der Waals surface area (Å²) in [6.07, 6.45) is 2.48. The van der Waals surface area contributed by atoms with Crippen LogP contribution in [0.15, 0.2) is 65.8 Å². The molecule has 2 aromatic carbocycles. The molecule has 12 N–H and O–H groups in total. The zero-order chi connectivity index (χ0) is 42.4. The molecule has 17 nitrogen and oxygen atoms in total. The van der Waals surface area contributed by atoms with Gasteiger partial charge in [0.1, 0.15) is 37.8 Å². The average molecular weight is 807 g/mol. The van der Waals surface area contributed by atoms with Crippen LogP contribution in [0.2, 0.25) is 0 Å². The molecule has 0 aliphatic carbocycles. The monoisotopic (exact) mass is 806 g/mol. The minimum Gasteiger partial charge on any atom is -0.370 e. The van der Waals surface area contributed by atoms with Gasteiger partial charge in [-0.25, -0.2) is 10.4 Å². The zero-order valence-corrected chi connectivity index (χ0v) is 33.1. The molecule has 0 bridgehead atoms. The number of aromatic nitrogens is 1. The fraction of sp³-hybridized carbons (Fsp3) is 0.462. The standard InChI is InChI=1S/C39H55N11O6S/c1-23(2)33(49-50-17-9-12-26(50)21-51)38(56)47-30(18-24-10-4-3-5-11-24)36(54)45-29(15-8-16-43-39(41)42)35(53)46-31(37(55)48-32(22-57)34(40)52)19-25-20-44-28-14-7-6-13-27(25)28/h3-7,10-11,13-14,20-21,23,26,29-33,44,49,57H,8-9,12,15-19,22H2,1-2H3,(H2,40,52)(H,45,54)(H,46,53)(H,47,56)(H,48,55)(H4,41,42,43)/t26-,29-,30?,31?,32-,33-/m0/s1/i21D. The number of guanidine groups is 1. The zero-order valence-electron chi connectivity index (χ0n) is 33.2. The van der Waals surface area contributed by atoms with E-state index in [0.717, 1.165) is 16.5 Å². The van der Waals surface area contributed by atoms with Crippen molar-refractivity contribution >= 4 is 65.3 Å². The highest BCUT2D eigenvalue weighted by molar-refractivity contribution is 7.80. The first-order valence-corrected chi connectivity index (χ1v) is 19.6. The van der Waals surface area contributed by atoms with Gasteiger partial charge in [0.05, 0.1) is 6.04 Å². The van der Waals surface area contributed by atoms with E-state index in [1.165, 1.54) is 0 Å². The highest BCUT2D eigenvalue weighted by Gasteiger charge is 2.35. The molecule has 4 rings (SSSR count). The molecule has 3 aromatic rings. The third-order valence-electron chi connectivity index (χ3n) is 9.71. The van der Waals surface area contributed by atoms with Crippen LogP contribution in [0.1, 0.15) is 52.0 Å². The predicted octanol–water partition coefficient (Wildman–Crippen LogP) is -0.446. The Hall–Kier alpha value is -5.46. The maximum Gasteiger partial charge on any atom is 0.243 e. The number of benzene rings is 2. The van der Waals surface area contributed by atoms with E-state index in [9.17, 15) is 28.8 Å². The van der Waals surface area contributed by atoms with Crippen molar-refractivity contribution in [3.63, 3.8) is 0 Å². The van der Waals surface area contributed by atoms with Gasteiger partial charge in [0.2, 0.25) is 29.5 Å². The van der Waals surface area contributed by atoms with Crippen LogP contribution >= 0.6 is 12.6 Å². The molecule has 1 fully saturated rings. The molecule has 18 heteroatoms. The van der Waals surface area contributed by atoms with Gasteiger partial charge in [0, 0.05) is 48.8 Å². The molecule has 0 saturated carbocycles. The molecular formula is C39H55N11O6S. The lowest BCUT2D eigenvalue weighted by molar-refractivity contribution is -0.135. The molecule has 5 amide bonds. The number of nitrogens with zero attached hydrogens (tertiary/aromatic N) is 2. The summed E-state index contributed by atoms with van der Waals surface area (Å²) >= 11 is 4.14. The molecule has 1 saturated heterocycles. The minimum atomic E-state index is -1.24. The number of amides is 5. The number of para-hydroxylation sites is 1. The topological polar surface area (TPSA) is 272 Å². The van der Waals surface area contributed by atoms with Gasteiger partial charge in [-0.1, -0.05) is 62.4 Å². The normalized spacial score (nSPS) is 17.1. The van der Waals surface area contributed by atoms with Crippen molar-refractivity contribution in [2.45, 2.75) is 88.6 Å². The number of primary amides is 1. The number of hydrogen-bond acceptors (Lipinski definition) is 10. The quantitative estimate of drug-likeness (QED) is 0.0206. The lowest BCUT2D eigenvalue weighted by atomic mass is 10.0. The van der Waals surface area contributed by atoms with Crippen LogP contribution in [-0.2, 0) is 41.6 Å². The van der Waals surface area contributed by atoms with E-state index in [0.29, 0.717) is 24.9 Å². The minimum absolute atomic E-state index is 0.00821. The molecule has 1 aromatic heterocycles. The molecule has 308 valence electrons. The van der Waals surface area contributed by atoms with Gasteiger partial charge in [0.25, 0.3) is 0 Å². The third kappa shape index (κ3) is 13.0. The molecule has 6 atom stereocenters. The molecule has 1 aliphatic rings. The van der Waals surface area contributed by atoms with Gasteiger partial charge in [0.15, 0.2) is 5.96 Å². The van der Waals surface area contributed by atoms with Crippen LogP contribution in [0.4, 0.5) is 0 Å². The second kappa shape index (κ2) is 21.7. The Labute approximate surface area is 338 Å². The van der Waals surface area contributed by atoms with Crippen molar-refractivity contribution in [3.05, 3.63) is 71.9 Å². The Bertz CT molecular complexity index is 1930. The van der Waals surface area contributed by atoms with Gasteiger partial charge in [-0.3, -0.25) is 29.0 Å². The Balaban J connectivity index is 1.62. The van der Waals surface area contributed by atoms with Crippen molar-refractivity contribution in [2.75, 3.05) is 18.8 Å². The molecular weight excluding hydrogens is 751 g/mol. The first-order chi connectivity index (χ1) is 27.7. The number of aromatic amines is 1. The Morgan fingerprint density at radius 2 is 1.51 bits per heavy atom. The summed E-state index contributed by atoms with van der Waals surface area (Å²) in [7, 11) is 0. The van der Waals surface area contributed by atoms with E-state index in [2.05, 4.69) is 49.3 Å². The number of H-pyrrole nitrogens is 1. The number of nitrogens with one attached hydrogen (secondary N) is 6. The molecule has 57 heavy (non-hydrogen) atoms. The maximum absolute atomic E-state index is 14.3. The summed E-state index contributed by atoms with van der Waals surface area (Å²) in [5.41, 5.74) is 21.9. The number of aldehydes is 1. The second-order valence-electron chi connectivity index (χ2n) is 14.4. The summed E-state index contributed by atoms with van der Waals surface area (Å²) in [6.45, 7) is 4.23. The van der Waals surface area contributed by atoms with Gasteiger partial charge in [-0.15, -0.1) is 0 Å². The number of carbonyl (C=O) groups is 6. The van der Waals surface area contributed by atoms with Crippen LogP contribution in [0, 0.1) is 5.92 Å². The summed E-state index contributed by atoms with van der Waals surface area (Å²) in [4.78, 5) is 87.4. The summed E-state index contributed by atoms with van der Waals surface area (Å²) in [5.74, 6) is -3.94. The number of carbonyl (C=O) groups excluding carboxylic acids is 6. The average Bonchev–Trinajstić information content (AvgIpc) is 3.83. The predicted molar refractivity (Wildman–Crippen MR) is 220 cm³/mol. The molecule has 0 radical (unpaired) electrons. The highest BCUT2D eigenvalue weighted by atomic mass is 32.1. The summed E-state index contributed by atoms with van der Waals surface area (Å²) < 4.78 is 7.67. The molecule has 0 spiro atoms. The van der Waals surface area contributed by atoms with Gasteiger partial charge in [-0.2, -0.15) is 12.6 Å². The molecule has 1 aliphatic heterocycles. The molecule has 2 unspecified atom stereocenters. The SMILES string of the molecule is [2H]C(=O)[C@@H]1CCCN1N[C@H](C(=O)NC(Cc1ccccc1)C(=O)N[C@@H](CCCN=C(N)N)C(=O)NC(Cc1c[nH]c2ccccc12)C(=O)N[C@@H](CS)C(N)=O)C(C)C. The van der Waals surface area contributed by atoms with Gasteiger partial charge in [-0.05, 0) is 48.8 Å². The summed E-state index contributed by atoms with van der Waals surface area (Å²) in [6, 6.07) is 10.1. The number of rotatable bonds is 22. The smallest absolute Gasteiger partial charge is 0.243 e. The molecule has 2 heterocycles. The highest BCUT2D eigenvalue weighted by Crippen LogP contribution is 2.20. The lowest BCUT2D eigenvalue weighted by Crippen LogP contribution is -2.61. The fourth-order valence-electron chi connectivity index (χ4n) is 6.58. The van der Waals surface area contributed by atoms with Crippen LogP contribution < -0.4 is 43.9 Å². The van der Waals surface area contributed by atoms with Crippen LogP contribution in [0.3, 0.4) is 0 Å². The van der Waals surface area contributed by atoms with Crippen molar-refractivity contribution in [3.8, 4) is 0 Å². The van der Waals surface area contributed by atoms with Crippen molar-refractivity contribution in [2.24, 2.45) is 28.1 Å². The number of hydrogen-bond donors (Lipinski definition) is 10. The van der Waals surface area contributed by atoms with E-state index < -0.39 is 72.0 Å². The van der Waals surface area contributed by atoms with E-state index >= 15 is 0 Å².